The van der Waals surface area contributed by atoms with E-state index in [1.165, 1.54) is 11.1 Å². The van der Waals surface area contributed by atoms with Crippen molar-refractivity contribution in [1.29, 1.82) is 0 Å². The Morgan fingerprint density at radius 2 is 2.12 bits per heavy atom. The smallest absolute Gasteiger partial charge is 0.0706 e. The summed E-state index contributed by atoms with van der Waals surface area (Å²) in [6, 6.07) is 6.12. The lowest BCUT2D eigenvalue weighted by Crippen LogP contribution is -2.26. The fourth-order valence-electron chi connectivity index (χ4n) is 1.70. The SMILES string of the molecule is CCNCCNCc1cnn2ccccc12. The van der Waals surface area contributed by atoms with Crippen molar-refractivity contribution in [2.45, 2.75) is 13.5 Å². The molecule has 2 aromatic heterocycles. The average molecular weight is 218 g/mol. The molecule has 16 heavy (non-hydrogen) atoms. The second kappa shape index (κ2) is 5.63. The summed E-state index contributed by atoms with van der Waals surface area (Å²) in [6.45, 7) is 6.01. The molecule has 4 nitrogen and oxygen atoms in total. The first kappa shape index (κ1) is 11.1. The molecule has 0 fully saturated rings. The van der Waals surface area contributed by atoms with Crippen LogP contribution < -0.4 is 10.6 Å². The van der Waals surface area contributed by atoms with Gasteiger partial charge in [0.2, 0.25) is 0 Å². The molecular weight excluding hydrogens is 200 g/mol. The molecule has 0 atom stereocenters. The zero-order chi connectivity index (χ0) is 11.2. The van der Waals surface area contributed by atoms with Crippen molar-refractivity contribution in [2.24, 2.45) is 0 Å². The number of fused-ring (bicyclic) bond motifs is 1. The molecule has 0 saturated carbocycles. The highest BCUT2D eigenvalue weighted by molar-refractivity contribution is 5.53. The van der Waals surface area contributed by atoms with Gasteiger partial charge in [0.05, 0.1) is 11.7 Å². The Labute approximate surface area is 95.7 Å². The highest BCUT2D eigenvalue weighted by atomic mass is 15.2. The van der Waals surface area contributed by atoms with Crippen LogP contribution in [-0.2, 0) is 6.54 Å². The molecule has 2 heterocycles. The number of nitrogens with one attached hydrogen (secondary N) is 2. The predicted octanol–water partition coefficient (Wildman–Crippen LogP) is 1.03. The van der Waals surface area contributed by atoms with Crippen molar-refractivity contribution < 1.29 is 0 Å². The Bertz CT molecular complexity index is 435. The number of nitrogens with zero attached hydrogens (tertiary/aromatic N) is 2. The first-order valence-electron chi connectivity index (χ1n) is 5.74. The second-order valence-corrected chi connectivity index (χ2v) is 3.73. The van der Waals surface area contributed by atoms with Crippen LogP contribution in [0.15, 0.2) is 30.6 Å². The first-order chi connectivity index (χ1) is 7.92. The maximum atomic E-state index is 4.29. The molecule has 4 heteroatoms. The van der Waals surface area contributed by atoms with Gasteiger partial charge in [0.25, 0.3) is 0 Å². The van der Waals surface area contributed by atoms with E-state index in [1.54, 1.807) is 0 Å². The van der Waals surface area contributed by atoms with Gasteiger partial charge in [0, 0.05) is 31.4 Å². The number of pyridine rings is 1. The van der Waals surface area contributed by atoms with Gasteiger partial charge in [0.1, 0.15) is 0 Å². The Morgan fingerprint density at radius 3 is 3.00 bits per heavy atom. The first-order valence-corrected chi connectivity index (χ1v) is 5.74. The van der Waals surface area contributed by atoms with E-state index in [9.17, 15) is 0 Å². The summed E-state index contributed by atoms with van der Waals surface area (Å²) < 4.78 is 1.90. The number of aromatic nitrogens is 2. The number of rotatable bonds is 6. The standard InChI is InChI=1S/C12H18N4/c1-2-13-6-7-14-9-11-10-15-16-8-4-3-5-12(11)16/h3-5,8,10,13-14H,2,6-7,9H2,1H3. The van der Waals surface area contributed by atoms with Crippen molar-refractivity contribution in [2.75, 3.05) is 19.6 Å². The lowest BCUT2D eigenvalue weighted by atomic mass is 10.2. The lowest BCUT2D eigenvalue weighted by molar-refractivity contribution is 0.626. The summed E-state index contributed by atoms with van der Waals surface area (Å²) in [6.07, 6.45) is 3.90. The van der Waals surface area contributed by atoms with E-state index in [4.69, 9.17) is 0 Å². The van der Waals surface area contributed by atoms with Crippen molar-refractivity contribution in [3.8, 4) is 0 Å². The molecule has 0 aliphatic carbocycles. The molecule has 0 radical (unpaired) electrons. The normalized spacial score (nSPS) is 11.1. The second-order valence-electron chi connectivity index (χ2n) is 3.73. The molecule has 2 aromatic rings. The lowest BCUT2D eigenvalue weighted by Gasteiger charge is -2.03. The summed E-state index contributed by atoms with van der Waals surface area (Å²) >= 11 is 0. The molecule has 0 unspecified atom stereocenters. The molecule has 0 saturated heterocycles. The van der Waals surface area contributed by atoms with Crippen LogP contribution in [0.5, 0.6) is 0 Å². The minimum Gasteiger partial charge on any atom is -0.316 e. The Kier molecular flexibility index (Phi) is 3.91. The van der Waals surface area contributed by atoms with E-state index < -0.39 is 0 Å². The van der Waals surface area contributed by atoms with Gasteiger partial charge in [-0.2, -0.15) is 5.10 Å². The van der Waals surface area contributed by atoms with Crippen molar-refractivity contribution in [1.82, 2.24) is 20.2 Å². The monoisotopic (exact) mass is 218 g/mol. The minimum atomic E-state index is 0.874. The average Bonchev–Trinajstić information content (AvgIpc) is 2.73. The van der Waals surface area contributed by atoms with Crippen LogP contribution in [0.1, 0.15) is 12.5 Å². The zero-order valence-electron chi connectivity index (χ0n) is 9.61. The van der Waals surface area contributed by atoms with E-state index >= 15 is 0 Å². The molecule has 0 bridgehead atoms. The van der Waals surface area contributed by atoms with Gasteiger partial charge < -0.3 is 10.6 Å². The third kappa shape index (κ3) is 2.59. The van der Waals surface area contributed by atoms with Crippen LogP contribution in [0.4, 0.5) is 0 Å². The molecule has 0 amide bonds. The van der Waals surface area contributed by atoms with Crippen molar-refractivity contribution in [3.63, 3.8) is 0 Å². The molecule has 0 aliphatic rings. The zero-order valence-corrected chi connectivity index (χ0v) is 9.61. The quantitative estimate of drug-likeness (QED) is 0.712. The van der Waals surface area contributed by atoms with Crippen LogP contribution in [0.3, 0.4) is 0 Å². The summed E-state index contributed by atoms with van der Waals surface area (Å²) in [7, 11) is 0. The third-order valence-electron chi connectivity index (χ3n) is 2.55. The van der Waals surface area contributed by atoms with E-state index in [2.05, 4.69) is 28.7 Å². The third-order valence-corrected chi connectivity index (χ3v) is 2.55. The Hall–Kier alpha value is -1.39. The fourth-order valence-corrected chi connectivity index (χ4v) is 1.70. The molecule has 2 rings (SSSR count). The number of hydrogen-bond acceptors (Lipinski definition) is 3. The molecule has 0 aromatic carbocycles. The molecule has 0 spiro atoms. The van der Waals surface area contributed by atoms with Crippen molar-refractivity contribution in [3.05, 3.63) is 36.2 Å². The predicted molar refractivity (Wildman–Crippen MR) is 65.4 cm³/mol. The summed E-state index contributed by atoms with van der Waals surface area (Å²) in [5.74, 6) is 0. The Morgan fingerprint density at radius 1 is 1.25 bits per heavy atom. The van der Waals surface area contributed by atoms with Crippen LogP contribution in [0, 0.1) is 0 Å². The summed E-state index contributed by atoms with van der Waals surface area (Å²) in [5, 5.41) is 11.0. The van der Waals surface area contributed by atoms with Gasteiger partial charge in [-0.15, -0.1) is 0 Å². The van der Waals surface area contributed by atoms with Gasteiger partial charge in [-0.05, 0) is 18.7 Å². The number of likely N-dealkylation sites (N-methyl/N-ethyl adjacent to an activating group) is 1. The van der Waals surface area contributed by atoms with Crippen LogP contribution in [0.2, 0.25) is 0 Å². The Balaban J connectivity index is 1.89. The van der Waals surface area contributed by atoms with E-state index in [0.29, 0.717) is 0 Å². The fraction of sp³-hybridized carbons (Fsp3) is 0.417. The summed E-state index contributed by atoms with van der Waals surface area (Å²) in [5.41, 5.74) is 2.43. The van der Waals surface area contributed by atoms with Gasteiger partial charge in [-0.25, -0.2) is 4.52 Å². The molecule has 86 valence electrons. The van der Waals surface area contributed by atoms with E-state index in [-0.39, 0.29) is 0 Å². The highest BCUT2D eigenvalue weighted by Crippen LogP contribution is 2.08. The van der Waals surface area contributed by atoms with Gasteiger partial charge in [0.15, 0.2) is 0 Å². The molecule has 0 aliphatic heterocycles. The minimum absolute atomic E-state index is 0.874. The van der Waals surface area contributed by atoms with Gasteiger partial charge in [-0.1, -0.05) is 13.0 Å². The maximum absolute atomic E-state index is 4.29. The summed E-state index contributed by atoms with van der Waals surface area (Å²) in [4.78, 5) is 0. The molecule has 2 N–H and O–H groups in total. The highest BCUT2D eigenvalue weighted by Gasteiger charge is 2.01. The van der Waals surface area contributed by atoms with E-state index in [1.807, 2.05) is 29.0 Å². The van der Waals surface area contributed by atoms with Gasteiger partial charge in [-0.3, -0.25) is 0 Å². The van der Waals surface area contributed by atoms with Gasteiger partial charge >= 0.3 is 0 Å². The van der Waals surface area contributed by atoms with Crippen molar-refractivity contribution >= 4 is 5.52 Å². The van der Waals surface area contributed by atoms with Crippen LogP contribution in [-0.4, -0.2) is 29.2 Å². The number of hydrogen-bond donors (Lipinski definition) is 2. The van der Waals surface area contributed by atoms with Crippen LogP contribution in [0.25, 0.3) is 5.52 Å². The maximum Gasteiger partial charge on any atom is 0.0706 e. The topological polar surface area (TPSA) is 41.4 Å². The van der Waals surface area contributed by atoms with E-state index in [0.717, 1.165) is 26.2 Å². The molecular formula is C12H18N4. The van der Waals surface area contributed by atoms with Crippen LogP contribution >= 0.6 is 0 Å². The largest absolute Gasteiger partial charge is 0.316 e.